The van der Waals surface area contributed by atoms with Crippen LogP contribution in [0.2, 0.25) is 10.0 Å². The lowest BCUT2D eigenvalue weighted by molar-refractivity contribution is 0.354. The largest absolute Gasteiger partial charge is 0.493 e. The average Bonchev–Trinajstić information content (AvgIpc) is 3.16. The van der Waals surface area contributed by atoms with Gasteiger partial charge >= 0.3 is 0 Å². The zero-order valence-electron chi connectivity index (χ0n) is 18.6. The van der Waals surface area contributed by atoms with Crippen molar-refractivity contribution in [3.63, 3.8) is 0 Å². The topological polar surface area (TPSA) is 35.4 Å². The van der Waals surface area contributed by atoms with Crippen molar-refractivity contribution >= 4 is 46.5 Å². The fourth-order valence-electron chi connectivity index (χ4n) is 3.92. The summed E-state index contributed by atoms with van der Waals surface area (Å²) in [7, 11) is 3.31. The Bertz CT molecular complexity index is 1220. The molecule has 0 unspecified atom stereocenters. The molecular weight excluding hydrogens is 479 g/mol. The van der Waals surface area contributed by atoms with Crippen molar-refractivity contribution in [3.05, 3.63) is 93.6 Å². The van der Waals surface area contributed by atoms with Gasteiger partial charge in [0.15, 0.2) is 11.5 Å². The standard InChI is InChI=1S/C26H26Cl2N2O2.ClH/c1-31-25-10-7-18(13-26(25)32-2)11-12-29-15-20-17-30(24-6-4-3-5-22(20)24)16-19-8-9-21(27)14-23(19)28;/h3-10,13-14,17,29H,11-12,15-16H2,1-2H3;1H. The molecule has 4 aromatic rings. The fraction of sp³-hybridized carbons (Fsp3) is 0.231. The maximum atomic E-state index is 6.41. The molecule has 0 aliphatic heterocycles. The number of benzene rings is 3. The van der Waals surface area contributed by atoms with E-state index in [1.807, 2.05) is 24.3 Å². The third-order valence-electron chi connectivity index (χ3n) is 5.58. The third kappa shape index (κ3) is 5.96. The van der Waals surface area contributed by atoms with Gasteiger partial charge in [-0.1, -0.05) is 53.5 Å². The van der Waals surface area contributed by atoms with Crippen molar-refractivity contribution in [1.29, 1.82) is 0 Å². The molecule has 0 amide bonds. The number of fused-ring (bicyclic) bond motifs is 1. The van der Waals surface area contributed by atoms with Gasteiger partial charge in [0.25, 0.3) is 0 Å². The summed E-state index contributed by atoms with van der Waals surface area (Å²) in [5.74, 6) is 1.51. The number of rotatable bonds is 9. The lowest BCUT2D eigenvalue weighted by Crippen LogP contribution is -2.16. The monoisotopic (exact) mass is 504 g/mol. The number of para-hydroxylation sites is 1. The van der Waals surface area contributed by atoms with Crippen molar-refractivity contribution in [3.8, 4) is 11.5 Å². The number of hydrogen-bond acceptors (Lipinski definition) is 3. The summed E-state index contributed by atoms with van der Waals surface area (Å²) in [5.41, 5.74) is 4.70. The molecule has 1 N–H and O–H groups in total. The van der Waals surface area contributed by atoms with E-state index in [0.717, 1.165) is 36.6 Å². The molecule has 1 aromatic heterocycles. The predicted octanol–water partition coefficient (Wildman–Crippen LogP) is 6.77. The predicted molar refractivity (Wildman–Crippen MR) is 140 cm³/mol. The van der Waals surface area contributed by atoms with Crippen LogP contribution in [-0.2, 0) is 19.5 Å². The number of nitrogens with zero attached hydrogens (tertiary/aromatic N) is 1. The highest BCUT2D eigenvalue weighted by molar-refractivity contribution is 6.35. The van der Waals surface area contributed by atoms with E-state index >= 15 is 0 Å². The van der Waals surface area contributed by atoms with Crippen molar-refractivity contribution in [2.45, 2.75) is 19.5 Å². The molecule has 0 aliphatic rings. The van der Waals surface area contributed by atoms with E-state index in [0.29, 0.717) is 16.6 Å². The minimum absolute atomic E-state index is 0. The van der Waals surface area contributed by atoms with Gasteiger partial charge < -0.3 is 19.4 Å². The number of nitrogens with one attached hydrogen (secondary N) is 1. The lowest BCUT2D eigenvalue weighted by Gasteiger charge is -2.10. The van der Waals surface area contributed by atoms with E-state index < -0.39 is 0 Å². The first-order valence-electron chi connectivity index (χ1n) is 10.5. The van der Waals surface area contributed by atoms with Gasteiger partial charge in [0.05, 0.1) is 14.2 Å². The molecule has 0 fully saturated rings. The Morgan fingerprint density at radius 1 is 0.879 bits per heavy atom. The Labute approximate surface area is 210 Å². The molecule has 3 aromatic carbocycles. The quantitative estimate of drug-likeness (QED) is 0.255. The molecule has 33 heavy (non-hydrogen) atoms. The molecule has 0 saturated heterocycles. The van der Waals surface area contributed by atoms with Gasteiger partial charge in [0, 0.05) is 40.2 Å². The number of ether oxygens (including phenoxy) is 2. The van der Waals surface area contributed by atoms with Crippen molar-refractivity contribution in [2.75, 3.05) is 20.8 Å². The van der Waals surface area contributed by atoms with E-state index in [1.54, 1.807) is 20.3 Å². The Hall–Kier alpha value is -2.37. The summed E-state index contributed by atoms with van der Waals surface area (Å²) in [6.07, 6.45) is 3.11. The molecule has 1 heterocycles. The third-order valence-corrected chi connectivity index (χ3v) is 6.17. The summed E-state index contributed by atoms with van der Waals surface area (Å²) in [4.78, 5) is 0. The normalized spacial score (nSPS) is 10.8. The molecule has 7 heteroatoms. The van der Waals surface area contributed by atoms with Crippen LogP contribution in [0.4, 0.5) is 0 Å². The second-order valence-electron chi connectivity index (χ2n) is 7.65. The van der Waals surface area contributed by atoms with Gasteiger partial charge in [-0.3, -0.25) is 0 Å². The molecule has 4 rings (SSSR count). The molecule has 4 nitrogen and oxygen atoms in total. The van der Waals surface area contributed by atoms with E-state index in [9.17, 15) is 0 Å². The minimum atomic E-state index is 0. The second kappa shape index (κ2) is 11.7. The molecule has 0 aliphatic carbocycles. The number of halogens is 3. The minimum Gasteiger partial charge on any atom is -0.493 e. The van der Waals surface area contributed by atoms with Crippen LogP contribution < -0.4 is 14.8 Å². The second-order valence-corrected chi connectivity index (χ2v) is 8.49. The number of aromatic nitrogens is 1. The molecule has 174 valence electrons. The fourth-order valence-corrected chi connectivity index (χ4v) is 4.39. The van der Waals surface area contributed by atoms with E-state index in [2.05, 4.69) is 46.4 Å². The Morgan fingerprint density at radius 2 is 1.67 bits per heavy atom. The maximum absolute atomic E-state index is 6.41. The van der Waals surface area contributed by atoms with Gasteiger partial charge in [-0.25, -0.2) is 0 Å². The summed E-state index contributed by atoms with van der Waals surface area (Å²) in [6.45, 7) is 2.34. The van der Waals surface area contributed by atoms with Crippen LogP contribution in [0.25, 0.3) is 10.9 Å². The van der Waals surface area contributed by atoms with Crippen LogP contribution in [0.3, 0.4) is 0 Å². The summed E-state index contributed by atoms with van der Waals surface area (Å²) >= 11 is 12.5. The summed E-state index contributed by atoms with van der Waals surface area (Å²) < 4.78 is 13.0. The SMILES string of the molecule is COc1ccc(CCNCc2cn(Cc3ccc(Cl)cc3Cl)c3ccccc23)cc1OC.Cl. The number of hydrogen-bond donors (Lipinski definition) is 1. The molecule has 0 radical (unpaired) electrons. The first-order chi connectivity index (χ1) is 15.6. The molecule has 0 atom stereocenters. The van der Waals surface area contributed by atoms with Crippen LogP contribution in [-0.4, -0.2) is 25.3 Å². The van der Waals surface area contributed by atoms with Gasteiger partial charge in [-0.15, -0.1) is 12.4 Å². The first-order valence-corrected chi connectivity index (χ1v) is 11.3. The van der Waals surface area contributed by atoms with Crippen molar-refractivity contribution < 1.29 is 9.47 Å². The lowest BCUT2D eigenvalue weighted by atomic mass is 10.1. The van der Waals surface area contributed by atoms with Gasteiger partial charge in [0.1, 0.15) is 0 Å². The highest BCUT2D eigenvalue weighted by Crippen LogP contribution is 2.28. The highest BCUT2D eigenvalue weighted by atomic mass is 35.5. The first kappa shape index (κ1) is 25.3. The zero-order valence-corrected chi connectivity index (χ0v) is 20.9. The van der Waals surface area contributed by atoms with Gasteiger partial charge in [0.2, 0.25) is 0 Å². The van der Waals surface area contributed by atoms with Crippen LogP contribution in [0, 0.1) is 0 Å². The van der Waals surface area contributed by atoms with E-state index in [-0.39, 0.29) is 12.4 Å². The molecular formula is C26H27Cl3N2O2. The molecule has 0 bridgehead atoms. The highest BCUT2D eigenvalue weighted by Gasteiger charge is 2.10. The summed E-state index contributed by atoms with van der Waals surface area (Å²) in [6, 6.07) is 20.2. The van der Waals surface area contributed by atoms with Crippen LogP contribution in [0.5, 0.6) is 11.5 Å². The van der Waals surface area contributed by atoms with Gasteiger partial charge in [-0.05, 0) is 60.0 Å². The van der Waals surface area contributed by atoms with E-state index in [4.69, 9.17) is 32.7 Å². The molecule has 0 saturated carbocycles. The Morgan fingerprint density at radius 3 is 2.42 bits per heavy atom. The zero-order chi connectivity index (χ0) is 22.5. The Balaban J connectivity index is 0.00000306. The van der Waals surface area contributed by atoms with Crippen LogP contribution in [0.1, 0.15) is 16.7 Å². The number of methoxy groups -OCH3 is 2. The van der Waals surface area contributed by atoms with Crippen LogP contribution >= 0.6 is 35.6 Å². The summed E-state index contributed by atoms with van der Waals surface area (Å²) in [5, 5.41) is 6.16. The van der Waals surface area contributed by atoms with Crippen molar-refractivity contribution in [2.24, 2.45) is 0 Å². The van der Waals surface area contributed by atoms with E-state index in [1.165, 1.54) is 22.0 Å². The smallest absolute Gasteiger partial charge is 0.160 e. The molecule has 0 spiro atoms. The Kier molecular flexibility index (Phi) is 8.93. The van der Waals surface area contributed by atoms with Crippen LogP contribution in [0.15, 0.2) is 66.9 Å². The van der Waals surface area contributed by atoms with Crippen molar-refractivity contribution in [1.82, 2.24) is 9.88 Å². The maximum Gasteiger partial charge on any atom is 0.160 e. The van der Waals surface area contributed by atoms with Gasteiger partial charge in [-0.2, -0.15) is 0 Å². The average molecular weight is 506 g/mol.